The Hall–Kier alpha value is -1.42. The second-order valence-electron chi connectivity index (χ2n) is 4.01. The minimum Gasteiger partial charge on any atom is -0.450 e. The zero-order chi connectivity index (χ0) is 10.8. The van der Waals surface area contributed by atoms with Gasteiger partial charge in [-0.1, -0.05) is 5.11 Å². The Bertz CT molecular complexity index is 313. The Balaban J connectivity index is 1.96. The summed E-state index contributed by atoms with van der Waals surface area (Å²) in [5, 5.41) is 3.75. The number of piperidine rings is 1. The summed E-state index contributed by atoms with van der Waals surface area (Å²) in [7, 11) is 0. The molecule has 0 spiro atoms. The summed E-state index contributed by atoms with van der Waals surface area (Å²) in [6.45, 7) is 2.88. The molecule has 6 nitrogen and oxygen atoms in total. The summed E-state index contributed by atoms with van der Waals surface area (Å²) in [4.78, 5) is 16.1. The van der Waals surface area contributed by atoms with Crippen molar-refractivity contribution in [2.24, 2.45) is 11.0 Å². The van der Waals surface area contributed by atoms with Gasteiger partial charge in [0.1, 0.15) is 0 Å². The minimum absolute atomic E-state index is 0.0747. The normalized spacial score (nSPS) is 32.6. The molecule has 1 saturated carbocycles. The van der Waals surface area contributed by atoms with E-state index in [0.717, 1.165) is 12.8 Å². The summed E-state index contributed by atoms with van der Waals surface area (Å²) in [6, 6.07) is 0.287. The molecule has 3 atom stereocenters. The van der Waals surface area contributed by atoms with Gasteiger partial charge in [0.25, 0.3) is 0 Å². The predicted molar refractivity (Wildman–Crippen MR) is 53.2 cm³/mol. The molecular formula is C9H14N4O2. The molecule has 2 rings (SSSR count). The number of fused-ring (bicyclic) bond motifs is 2. The summed E-state index contributed by atoms with van der Waals surface area (Å²) in [5.74, 6) is 0.329. The molecule has 2 fully saturated rings. The van der Waals surface area contributed by atoms with Gasteiger partial charge in [-0.25, -0.2) is 4.79 Å². The van der Waals surface area contributed by atoms with Gasteiger partial charge in [-0.05, 0) is 31.2 Å². The zero-order valence-corrected chi connectivity index (χ0v) is 8.67. The number of carbonyl (C=O) groups excluding carboxylic acids is 1. The van der Waals surface area contributed by atoms with Gasteiger partial charge < -0.3 is 9.64 Å². The Morgan fingerprint density at radius 2 is 2.47 bits per heavy atom. The number of azide groups is 1. The Kier molecular flexibility index (Phi) is 2.68. The molecule has 15 heavy (non-hydrogen) atoms. The summed E-state index contributed by atoms with van der Waals surface area (Å²) >= 11 is 0. The van der Waals surface area contributed by atoms with Crippen molar-refractivity contribution in [3.63, 3.8) is 0 Å². The zero-order valence-electron chi connectivity index (χ0n) is 8.67. The van der Waals surface area contributed by atoms with Gasteiger partial charge in [0, 0.05) is 23.5 Å². The van der Waals surface area contributed by atoms with Gasteiger partial charge in [-0.2, -0.15) is 0 Å². The molecule has 0 aromatic heterocycles. The fourth-order valence-corrected chi connectivity index (χ4v) is 2.56. The molecule has 2 aliphatic rings. The van der Waals surface area contributed by atoms with Crippen molar-refractivity contribution in [3.8, 4) is 0 Å². The number of carbonyl (C=O) groups is 1. The number of likely N-dealkylation sites (tertiary alicyclic amines) is 1. The summed E-state index contributed by atoms with van der Waals surface area (Å²) in [5.41, 5.74) is 8.37. The first-order chi connectivity index (χ1) is 7.26. The summed E-state index contributed by atoms with van der Waals surface area (Å²) in [6.07, 6.45) is 1.50. The van der Waals surface area contributed by atoms with Crippen LogP contribution in [-0.2, 0) is 4.74 Å². The van der Waals surface area contributed by atoms with Crippen molar-refractivity contribution in [2.45, 2.75) is 31.8 Å². The van der Waals surface area contributed by atoms with Crippen LogP contribution in [0.1, 0.15) is 19.8 Å². The van der Waals surface area contributed by atoms with E-state index in [1.165, 1.54) is 0 Å². The Morgan fingerprint density at radius 1 is 1.67 bits per heavy atom. The number of rotatable bonds is 2. The average molecular weight is 210 g/mol. The van der Waals surface area contributed by atoms with E-state index in [4.69, 9.17) is 10.3 Å². The highest BCUT2D eigenvalue weighted by atomic mass is 16.6. The second-order valence-corrected chi connectivity index (χ2v) is 4.01. The maximum absolute atomic E-state index is 11.5. The first-order valence-corrected chi connectivity index (χ1v) is 5.23. The van der Waals surface area contributed by atoms with Gasteiger partial charge in [0.05, 0.1) is 6.61 Å². The lowest BCUT2D eigenvalue weighted by Gasteiger charge is -2.28. The van der Waals surface area contributed by atoms with Crippen LogP contribution in [0.5, 0.6) is 0 Å². The van der Waals surface area contributed by atoms with Gasteiger partial charge >= 0.3 is 6.09 Å². The standard InChI is InChI=1S/C9H14N4O2/c1-2-15-9(14)13-5-6-3-7(13)4-8(6)11-12-10/h6-8H,2-5H2,1H3. The third-order valence-corrected chi connectivity index (χ3v) is 3.21. The van der Waals surface area contributed by atoms with Gasteiger partial charge in [-0.15, -0.1) is 0 Å². The van der Waals surface area contributed by atoms with Crippen LogP contribution in [0.25, 0.3) is 10.4 Å². The van der Waals surface area contributed by atoms with E-state index in [0.29, 0.717) is 19.1 Å². The van der Waals surface area contributed by atoms with E-state index in [1.807, 2.05) is 0 Å². The Morgan fingerprint density at radius 3 is 3.00 bits per heavy atom. The van der Waals surface area contributed by atoms with Crippen LogP contribution < -0.4 is 0 Å². The smallest absolute Gasteiger partial charge is 0.410 e. The molecular weight excluding hydrogens is 196 g/mol. The molecule has 0 N–H and O–H groups in total. The van der Waals surface area contributed by atoms with Crippen LogP contribution in [0.4, 0.5) is 4.79 Å². The van der Waals surface area contributed by atoms with Crippen LogP contribution in [0.15, 0.2) is 5.11 Å². The first-order valence-electron chi connectivity index (χ1n) is 5.23. The minimum atomic E-state index is -0.232. The van der Waals surface area contributed by atoms with E-state index < -0.39 is 0 Å². The predicted octanol–water partition coefficient (Wildman–Crippen LogP) is 1.92. The van der Waals surface area contributed by atoms with Crippen molar-refractivity contribution in [1.29, 1.82) is 0 Å². The lowest BCUT2D eigenvalue weighted by Crippen LogP contribution is -2.41. The van der Waals surface area contributed by atoms with E-state index in [2.05, 4.69) is 10.0 Å². The van der Waals surface area contributed by atoms with E-state index in [1.54, 1.807) is 11.8 Å². The molecule has 0 aromatic rings. The molecule has 1 aliphatic heterocycles. The SMILES string of the molecule is CCOC(=O)N1CC2CC1CC2N=[N+]=[N-]. The lowest BCUT2D eigenvalue weighted by molar-refractivity contribution is 0.0933. The number of ether oxygens (including phenoxy) is 1. The Labute approximate surface area is 87.8 Å². The second kappa shape index (κ2) is 3.98. The third-order valence-electron chi connectivity index (χ3n) is 3.21. The molecule has 0 radical (unpaired) electrons. The molecule has 1 aliphatic carbocycles. The maximum atomic E-state index is 11.5. The molecule has 1 amide bonds. The van der Waals surface area contributed by atoms with Gasteiger partial charge in [0.2, 0.25) is 0 Å². The van der Waals surface area contributed by atoms with Crippen molar-refractivity contribution in [3.05, 3.63) is 10.4 Å². The number of nitrogens with zero attached hydrogens (tertiary/aromatic N) is 4. The van der Waals surface area contributed by atoms with E-state index in [9.17, 15) is 4.79 Å². The van der Waals surface area contributed by atoms with Crippen molar-refractivity contribution in [2.75, 3.05) is 13.2 Å². The van der Waals surface area contributed by atoms with Crippen LogP contribution in [0.2, 0.25) is 0 Å². The molecule has 1 heterocycles. The van der Waals surface area contributed by atoms with Gasteiger partial charge in [0.15, 0.2) is 0 Å². The fraction of sp³-hybridized carbons (Fsp3) is 0.889. The molecule has 3 unspecified atom stereocenters. The molecule has 1 saturated heterocycles. The third kappa shape index (κ3) is 1.72. The number of hydrogen-bond donors (Lipinski definition) is 0. The van der Waals surface area contributed by atoms with Gasteiger partial charge in [-0.3, -0.25) is 0 Å². The highest BCUT2D eigenvalue weighted by molar-refractivity contribution is 5.68. The quantitative estimate of drug-likeness (QED) is 0.396. The number of amides is 1. The highest BCUT2D eigenvalue weighted by Gasteiger charge is 2.46. The van der Waals surface area contributed by atoms with Crippen molar-refractivity contribution < 1.29 is 9.53 Å². The average Bonchev–Trinajstić information content (AvgIpc) is 2.77. The largest absolute Gasteiger partial charge is 0.450 e. The molecule has 0 aromatic carbocycles. The van der Waals surface area contributed by atoms with E-state index >= 15 is 0 Å². The first kappa shape index (κ1) is 10.1. The van der Waals surface area contributed by atoms with Crippen LogP contribution in [0, 0.1) is 5.92 Å². The van der Waals surface area contributed by atoms with E-state index in [-0.39, 0.29) is 18.2 Å². The molecule has 6 heteroatoms. The maximum Gasteiger partial charge on any atom is 0.410 e. The molecule has 82 valence electrons. The topological polar surface area (TPSA) is 78.3 Å². The monoisotopic (exact) mass is 210 g/mol. The van der Waals surface area contributed by atoms with Crippen LogP contribution in [-0.4, -0.2) is 36.2 Å². The highest BCUT2D eigenvalue weighted by Crippen LogP contribution is 2.39. The lowest BCUT2D eigenvalue weighted by atomic mass is 10.0. The fourth-order valence-electron chi connectivity index (χ4n) is 2.56. The summed E-state index contributed by atoms with van der Waals surface area (Å²) < 4.78 is 4.96. The van der Waals surface area contributed by atoms with Crippen molar-refractivity contribution >= 4 is 6.09 Å². The van der Waals surface area contributed by atoms with Crippen molar-refractivity contribution in [1.82, 2.24) is 4.90 Å². The molecule has 2 bridgehead atoms. The van der Waals surface area contributed by atoms with Crippen LogP contribution in [0.3, 0.4) is 0 Å². The van der Waals surface area contributed by atoms with Crippen LogP contribution >= 0.6 is 0 Å². The number of hydrogen-bond acceptors (Lipinski definition) is 3.